The molecule has 1 N–H and O–H groups in total. The lowest BCUT2D eigenvalue weighted by atomic mass is 10.1. The topological polar surface area (TPSA) is 49.0 Å². The van der Waals surface area contributed by atoms with Crippen molar-refractivity contribution in [3.8, 4) is 0 Å². The van der Waals surface area contributed by atoms with Crippen molar-refractivity contribution in [2.75, 3.05) is 18.0 Å². The molecule has 0 spiro atoms. The third kappa shape index (κ3) is 1.85. The van der Waals surface area contributed by atoms with E-state index in [1.165, 1.54) is 0 Å². The zero-order valence-corrected chi connectivity index (χ0v) is 9.90. The minimum Gasteiger partial charge on any atom is -0.367 e. The van der Waals surface area contributed by atoms with Crippen LogP contribution in [0.15, 0.2) is 29.5 Å². The highest BCUT2D eigenvalue weighted by Gasteiger charge is 2.21. The summed E-state index contributed by atoms with van der Waals surface area (Å²) in [6.07, 6.45) is 5.53. The Morgan fingerprint density at radius 3 is 3.11 bits per heavy atom. The maximum absolute atomic E-state index is 13.5. The van der Waals surface area contributed by atoms with Gasteiger partial charge in [-0.2, -0.15) is 0 Å². The molecular formula is C13H14FN3O. The van der Waals surface area contributed by atoms with Gasteiger partial charge in [0.2, 0.25) is 0 Å². The van der Waals surface area contributed by atoms with E-state index in [0.29, 0.717) is 18.4 Å². The van der Waals surface area contributed by atoms with Crippen molar-refractivity contribution in [3.05, 3.63) is 35.0 Å². The molecule has 0 radical (unpaired) electrons. The Morgan fingerprint density at radius 1 is 1.39 bits per heavy atom. The fourth-order valence-corrected chi connectivity index (χ4v) is 2.49. The number of hydrogen-bond donors (Lipinski definition) is 1. The number of piperidine rings is 1. The molecule has 3 rings (SSSR count). The van der Waals surface area contributed by atoms with Crippen LogP contribution >= 0.6 is 0 Å². The second-order valence-electron chi connectivity index (χ2n) is 4.61. The zero-order valence-electron chi connectivity index (χ0n) is 9.90. The second kappa shape index (κ2) is 4.40. The van der Waals surface area contributed by atoms with Gasteiger partial charge < -0.3 is 9.88 Å². The summed E-state index contributed by atoms with van der Waals surface area (Å²) >= 11 is 0. The predicted octanol–water partition coefficient (Wildman–Crippen LogP) is 1.86. The molecule has 1 atom stereocenters. The first-order valence-electron chi connectivity index (χ1n) is 6.10. The summed E-state index contributed by atoms with van der Waals surface area (Å²) in [5.41, 5.74) is 0.691. The lowest BCUT2D eigenvalue weighted by Crippen LogP contribution is -2.36. The van der Waals surface area contributed by atoms with Gasteiger partial charge in [0.25, 0.3) is 5.56 Å². The van der Waals surface area contributed by atoms with E-state index in [0.717, 1.165) is 24.0 Å². The fourth-order valence-electron chi connectivity index (χ4n) is 2.49. The predicted molar refractivity (Wildman–Crippen MR) is 68.7 cm³/mol. The molecule has 0 bridgehead atoms. The van der Waals surface area contributed by atoms with Crippen LogP contribution in [0.3, 0.4) is 0 Å². The molecule has 1 aliphatic heterocycles. The number of pyridine rings is 2. The first-order valence-corrected chi connectivity index (χ1v) is 6.10. The highest BCUT2D eigenvalue weighted by atomic mass is 19.1. The number of anilines is 1. The molecule has 0 saturated carbocycles. The van der Waals surface area contributed by atoms with Crippen LogP contribution in [0.25, 0.3) is 10.8 Å². The van der Waals surface area contributed by atoms with Gasteiger partial charge in [-0.3, -0.25) is 9.78 Å². The molecule has 0 aliphatic carbocycles. The average Bonchev–Trinajstić information content (AvgIpc) is 2.39. The summed E-state index contributed by atoms with van der Waals surface area (Å²) in [5, 5.41) is 1.39. The van der Waals surface area contributed by atoms with Crippen molar-refractivity contribution < 1.29 is 4.39 Å². The summed E-state index contributed by atoms with van der Waals surface area (Å²) in [6.45, 7) is 1.20. The van der Waals surface area contributed by atoms with Crippen molar-refractivity contribution in [2.24, 2.45) is 0 Å². The molecule has 0 aromatic carbocycles. The zero-order chi connectivity index (χ0) is 12.5. The van der Waals surface area contributed by atoms with Crippen molar-refractivity contribution in [3.63, 3.8) is 0 Å². The number of aromatic amines is 1. The van der Waals surface area contributed by atoms with E-state index in [2.05, 4.69) is 9.97 Å². The van der Waals surface area contributed by atoms with Crippen molar-refractivity contribution >= 4 is 16.5 Å². The van der Waals surface area contributed by atoms with E-state index < -0.39 is 6.17 Å². The van der Waals surface area contributed by atoms with Crippen LogP contribution in [-0.4, -0.2) is 29.2 Å². The van der Waals surface area contributed by atoms with Crippen LogP contribution in [0.4, 0.5) is 10.1 Å². The molecule has 1 fully saturated rings. The van der Waals surface area contributed by atoms with Gasteiger partial charge in [0, 0.05) is 30.9 Å². The van der Waals surface area contributed by atoms with Gasteiger partial charge in [-0.1, -0.05) is 0 Å². The Kier molecular flexibility index (Phi) is 2.74. The Hall–Kier alpha value is -1.91. The molecule has 5 heteroatoms. The number of aromatic nitrogens is 2. The smallest absolute Gasteiger partial charge is 0.257 e. The number of halogens is 1. The Bertz CT molecular complexity index is 625. The van der Waals surface area contributed by atoms with E-state index in [1.54, 1.807) is 18.6 Å². The summed E-state index contributed by atoms with van der Waals surface area (Å²) in [4.78, 5) is 20.4. The summed E-state index contributed by atoms with van der Waals surface area (Å²) < 4.78 is 13.5. The number of H-pyrrole nitrogens is 1. The van der Waals surface area contributed by atoms with Gasteiger partial charge in [0.1, 0.15) is 6.17 Å². The van der Waals surface area contributed by atoms with Crippen LogP contribution in [-0.2, 0) is 0 Å². The standard InChI is InChI=1S/C13H14FN3O/c14-9-2-1-5-17(8-9)12-7-15-6-11-10(12)3-4-16-13(11)18/h3-4,6-7,9H,1-2,5,8H2,(H,16,18). The van der Waals surface area contributed by atoms with Gasteiger partial charge >= 0.3 is 0 Å². The molecule has 4 nitrogen and oxygen atoms in total. The van der Waals surface area contributed by atoms with E-state index in [9.17, 15) is 9.18 Å². The highest BCUT2D eigenvalue weighted by molar-refractivity contribution is 5.92. The van der Waals surface area contributed by atoms with Crippen LogP contribution in [0.5, 0.6) is 0 Å². The largest absolute Gasteiger partial charge is 0.367 e. The summed E-state index contributed by atoms with van der Waals surface area (Å²) in [7, 11) is 0. The lowest BCUT2D eigenvalue weighted by molar-refractivity contribution is 0.287. The van der Waals surface area contributed by atoms with E-state index in [4.69, 9.17) is 0 Å². The SMILES string of the molecule is O=c1[nH]ccc2c(N3CCCC(F)C3)cncc12. The van der Waals surface area contributed by atoms with Gasteiger partial charge in [-0.05, 0) is 18.9 Å². The monoisotopic (exact) mass is 247 g/mol. The van der Waals surface area contributed by atoms with Gasteiger partial charge in [-0.15, -0.1) is 0 Å². The van der Waals surface area contributed by atoms with Crippen LogP contribution in [0.1, 0.15) is 12.8 Å². The summed E-state index contributed by atoms with van der Waals surface area (Å²) in [6, 6.07) is 1.84. The number of nitrogens with one attached hydrogen (secondary N) is 1. The quantitative estimate of drug-likeness (QED) is 0.836. The van der Waals surface area contributed by atoms with E-state index in [1.807, 2.05) is 11.0 Å². The number of nitrogens with zero attached hydrogens (tertiary/aromatic N) is 2. The lowest BCUT2D eigenvalue weighted by Gasteiger charge is -2.31. The number of rotatable bonds is 1. The van der Waals surface area contributed by atoms with Crippen molar-refractivity contribution in [2.45, 2.75) is 19.0 Å². The maximum atomic E-state index is 13.5. The third-order valence-corrected chi connectivity index (χ3v) is 3.38. The van der Waals surface area contributed by atoms with Gasteiger partial charge in [0.15, 0.2) is 0 Å². The Labute approximate surface area is 103 Å². The normalized spacial score (nSPS) is 20.3. The number of alkyl halides is 1. The summed E-state index contributed by atoms with van der Waals surface area (Å²) in [5.74, 6) is 0. The van der Waals surface area contributed by atoms with Gasteiger partial charge in [-0.25, -0.2) is 4.39 Å². The van der Waals surface area contributed by atoms with Crippen LogP contribution in [0.2, 0.25) is 0 Å². The minimum absolute atomic E-state index is 0.157. The van der Waals surface area contributed by atoms with Crippen molar-refractivity contribution in [1.82, 2.24) is 9.97 Å². The molecule has 2 aromatic rings. The maximum Gasteiger partial charge on any atom is 0.257 e. The van der Waals surface area contributed by atoms with Gasteiger partial charge in [0.05, 0.1) is 17.3 Å². The first kappa shape index (κ1) is 11.2. The Balaban J connectivity index is 2.11. The number of hydrogen-bond acceptors (Lipinski definition) is 3. The highest BCUT2D eigenvalue weighted by Crippen LogP contribution is 2.26. The molecule has 2 aromatic heterocycles. The second-order valence-corrected chi connectivity index (χ2v) is 4.61. The Morgan fingerprint density at radius 2 is 2.28 bits per heavy atom. The third-order valence-electron chi connectivity index (χ3n) is 3.38. The van der Waals surface area contributed by atoms with Crippen molar-refractivity contribution in [1.29, 1.82) is 0 Å². The molecule has 0 amide bonds. The molecule has 1 unspecified atom stereocenters. The van der Waals surface area contributed by atoms with Crippen LogP contribution in [0, 0.1) is 0 Å². The van der Waals surface area contributed by atoms with E-state index >= 15 is 0 Å². The molecule has 94 valence electrons. The number of fused-ring (bicyclic) bond motifs is 1. The fraction of sp³-hybridized carbons (Fsp3) is 0.385. The molecule has 1 saturated heterocycles. The van der Waals surface area contributed by atoms with Crippen LogP contribution < -0.4 is 10.5 Å². The average molecular weight is 247 g/mol. The molecular weight excluding hydrogens is 233 g/mol. The first-order chi connectivity index (χ1) is 8.75. The minimum atomic E-state index is -0.795. The molecule has 1 aliphatic rings. The van der Waals surface area contributed by atoms with E-state index in [-0.39, 0.29) is 5.56 Å². The molecule has 3 heterocycles. The molecule has 18 heavy (non-hydrogen) atoms.